The summed E-state index contributed by atoms with van der Waals surface area (Å²) in [5.74, 6) is 1.44. The van der Waals surface area contributed by atoms with E-state index >= 15 is 0 Å². The van der Waals surface area contributed by atoms with E-state index in [2.05, 4.69) is 106 Å². The van der Waals surface area contributed by atoms with Crippen LogP contribution in [0.4, 0.5) is 0 Å². The van der Waals surface area contributed by atoms with Gasteiger partial charge in [0.25, 0.3) is 0 Å². The van der Waals surface area contributed by atoms with Crippen molar-refractivity contribution in [1.29, 1.82) is 0 Å². The van der Waals surface area contributed by atoms with Crippen LogP contribution in [0.15, 0.2) is 60.7 Å². The van der Waals surface area contributed by atoms with Gasteiger partial charge in [0.15, 0.2) is 0 Å². The summed E-state index contributed by atoms with van der Waals surface area (Å²) in [6.07, 6.45) is 16.8. The SMILES string of the molecule is CC([C]1[CH][CH][CH][C]1P(c1ccccc1)c1ccccc1)N(C)C.O.[CH]1[CH][CH][CH][CH]1.[Fe]. The third-order valence-electron chi connectivity index (χ3n) is 4.88. The van der Waals surface area contributed by atoms with Gasteiger partial charge in [-0.15, -0.1) is 0 Å². The molecule has 158 valence electrons. The van der Waals surface area contributed by atoms with Crippen molar-refractivity contribution in [2.75, 3.05) is 14.1 Å². The second kappa shape index (κ2) is 14.4. The molecule has 2 saturated carbocycles. The van der Waals surface area contributed by atoms with Crippen LogP contribution in [0.25, 0.3) is 0 Å². The van der Waals surface area contributed by atoms with Crippen LogP contribution < -0.4 is 10.6 Å². The van der Waals surface area contributed by atoms with Crippen LogP contribution in [0.1, 0.15) is 6.92 Å². The van der Waals surface area contributed by atoms with Gasteiger partial charge in [-0.1, -0.05) is 60.7 Å². The molecule has 2 aliphatic rings. The summed E-state index contributed by atoms with van der Waals surface area (Å²) in [7, 11) is 3.78. The summed E-state index contributed by atoms with van der Waals surface area (Å²) >= 11 is 0. The quantitative estimate of drug-likeness (QED) is 0.492. The standard InChI is InChI=1S/C21H23NP.C5H5.Fe.H2O/c1-17(22(2)3)20-15-10-16-21(20)23(18-11-6-4-7-12-18)19-13-8-5-9-14-19;1-2-4-5-3-1;;/h4-17H,1-3H3;1-5H;;1H2. The summed E-state index contributed by atoms with van der Waals surface area (Å²) < 4.78 is 0. The van der Waals surface area contributed by atoms with Crippen LogP contribution in [0, 0.1) is 62.9 Å². The maximum atomic E-state index is 2.31. The first kappa shape index (κ1) is 27.3. The molecular weight excluding hydrogens is 429 g/mol. The minimum absolute atomic E-state index is 0. The van der Waals surface area contributed by atoms with E-state index in [1.165, 1.54) is 22.2 Å². The van der Waals surface area contributed by atoms with Gasteiger partial charge < -0.3 is 10.4 Å². The largest absolute Gasteiger partial charge is 0.412 e. The van der Waals surface area contributed by atoms with Crippen LogP contribution in [0.3, 0.4) is 0 Å². The van der Waals surface area contributed by atoms with Gasteiger partial charge in [0, 0.05) is 34.7 Å². The molecule has 4 rings (SSSR count). The molecule has 0 aliphatic heterocycles. The van der Waals surface area contributed by atoms with Crippen LogP contribution in [0.5, 0.6) is 0 Å². The number of benzene rings is 2. The molecule has 2 N–H and O–H groups in total. The Morgan fingerprint density at radius 1 is 0.667 bits per heavy atom. The van der Waals surface area contributed by atoms with E-state index in [9.17, 15) is 0 Å². The second-order valence-electron chi connectivity index (χ2n) is 6.97. The minimum atomic E-state index is -0.514. The number of rotatable bonds is 5. The Bertz CT molecular complexity index is 631. The first-order valence-electron chi connectivity index (χ1n) is 9.67. The Morgan fingerprint density at radius 2 is 1.10 bits per heavy atom. The summed E-state index contributed by atoms with van der Waals surface area (Å²) in [6.45, 7) is 2.28. The van der Waals surface area contributed by atoms with Crippen LogP contribution in [0.2, 0.25) is 0 Å². The van der Waals surface area contributed by atoms with Gasteiger partial charge in [-0.3, -0.25) is 0 Å². The Labute approximate surface area is 196 Å². The average molecular weight is 459 g/mol. The summed E-state index contributed by atoms with van der Waals surface area (Å²) in [5, 5.41) is 2.82. The molecule has 0 heterocycles. The van der Waals surface area contributed by atoms with E-state index in [1.807, 2.05) is 32.1 Å². The molecule has 2 aliphatic carbocycles. The Balaban J connectivity index is 0.000000566. The van der Waals surface area contributed by atoms with Crippen LogP contribution in [-0.4, -0.2) is 30.5 Å². The third-order valence-corrected chi connectivity index (χ3v) is 7.39. The van der Waals surface area contributed by atoms with Crippen molar-refractivity contribution in [2.24, 2.45) is 0 Å². The zero-order valence-corrected chi connectivity index (χ0v) is 19.7. The molecule has 2 aromatic carbocycles. The molecule has 0 bridgehead atoms. The summed E-state index contributed by atoms with van der Waals surface area (Å²) in [6, 6.07) is 22.2. The summed E-state index contributed by atoms with van der Waals surface area (Å²) in [5.41, 5.74) is 1.47. The molecule has 2 aromatic rings. The molecule has 10 radical (unpaired) electrons. The van der Waals surface area contributed by atoms with E-state index in [-0.39, 0.29) is 22.5 Å². The van der Waals surface area contributed by atoms with E-state index < -0.39 is 7.92 Å². The first-order chi connectivity index (χ1) is 13.7. The van der Waals surface area contributed by atoms with Crippen molar-refractivity contribution < 1.29 is 22.5 Å². The van der Waals surface area contributed by atoms with Gasteiger partial charge in [0.05, 0.1) is 0 Å². The molecule has 1 unspecified atom stereocenters. The van der Waals surface area contributed by atoms with Gasteiger partial charge in [-0.25, -0.2) is 0 Å². The maximum absolute atomic E-state index is 2.31. The van der Waals surface area contributed by atoms with Crippen molar-refractivity contribution >= 4 is 18.5 Å². The zero-order valence-electron chi connectivity index (χ0n) is 17.7. The second-order valence-corrected chi connectivity index (χ2v) is 9.16. The number of hydrogen-bond acceptors (Lipinski definition) is 1. The predicted molar refractivity (Wildman–Crippen MR) is 127 cm³/mol. The van der Waals surface area contributed by atoms with Gasteiger partial charge in [0.1, 0.15) is 0 Å². The molecule has 0 amide bonds. The molecule has 2 nitrogen and oxygen atoms in total. The van der Waals surface area contributed by atoms with Crippen LogP contribution >= 0.6 is 7.92 Å². The maximum Gasteiger partial charge on any atom is 0.0211 e. The molecular formula is C26H30FeNOP. The molecule has 4 heteroatoms. The molecule has 0 spiro atoms. The van der Waals surface area contributed by atoms with Crippen LogP contribution in [-0.2, 0) is 17.1 Å². The van der Waals surface area contributed by atoms with E-state index in [0.29, 0.717) is 6.04 Å². The number of nitrogens with zero attached hydrogens (tertiary/aromatic N) is 1. The molecule has 0 aromatic heterocycles. The monoisotopic (exact) mass is 459 g/mol. The fraction of sp³-hybridized carbons (Fsp3) is 0.154. The van der Waals surface area contributed by atoms with Gasteiger partial charge in [0.2, 0.25) is 0 Å². The zero-order chi connectivity index (χ0) is 19.8. The van der Waals surface area contributed by atoms with Gasteiger partial charge in [-0.05, 0) is 90.9 Å². The van der Waals surface area contributed by atoms with E-state index in [4.69, 9.17) is 0 Å². The topological polar surface area (TPSA) is 34.7 Å². The summed E-state index contributed by atoms with van der Waals surface area (Å²) in [4.78, 5) is 2.28. The molecule has 2 fully saturated rings. The third kappa shape index (κ3) is 7.47. The average Bonchev–Trinajstić information content (AvgIpc) is 3.45. The Morgan fingerprint density at radius 3 is 1.50 bits per heavy atom. The van der Waals surface area contributed by atoms with Gasteiger partial charge >= 0.3 is 0 Å². The fourth-order valence-electron chi connectivity index (χ4n) is 3.16. The number of hydrogen-bond donors (Lipinski definition) is 0. The smallest absolute Gasteiger partial charge is 0.0211 e. The van der Waals surface area contributed by atoms with Crippen molar-refractivity contribution in [3.63, 3.8) is 0 Å². The van der Waals surface area contributed by atoms with Crippen molar-refractivity contribution in [1.82, 2.24) is 4.90 Å². The molecule has 30 heavy (non-hydrogen) atoms. The molecule has 0 saturated heterocycles. The van der Waals surface area contributed by atoms with Crippen molar-refractivity contribution in [3.05, 3.63) is 124 Å². The van der Waals surface area contributed by atoms with E-state index in [0.717, 1.165) is 0 Å². The van der Waals surface area contributed by atoms with Crippen molar-refractivity contribution in [2.45, 2.75) is 13.0 Å². The van der Waals surface area contributed by atoms with Crippen molar-refractivity contribution in [3.8, 4) is 0 Å². The first-order valence-corrected chi connectivity index (χ1v) is 11.0. The van der Waals surface area contributed by atoms with Gasteiger partial charge in [-0.2, -0.15) is 0 Å². The Kier molecular flexibility index (Phi) is 13.1. The fourth-order valence-corrected chi connectivity index (χ4v) is 5.71. The predicted octanol–water partition coefficient (Wildman–Crippen LogP) is 4.00. The molecule has 1 atom stereocenters. The normalized spacial score (nSPS) is 17.8. The minimum Gasteiger partial charge on any atom is -0.412 e. The van der Waals surface area contributed by atoms with E-state index in [1.54, 1.807) is 0 Å². The Hall–Kier alpha value is -0.691.